The zero-order chi connectivity index (χ0) is 13.0. The molecule has 1 aromatic carbocycles. The molecule has 18 heavy (non-hydrogen) atoms. The van der Waals surface area contributed by atoms with Crippen LogP contribution < -0.4 is 5.32 Å². The highest BCUT2D eigenvalue weighted by atomic mass is 15.3. The largest absolute Gasteiger partial charge is 0.308 e. The fourth-order valence-corrected chi connectivity index (χ4v) is 2.04. The molecular formula is C15H21N3. The van der Waals surface area contributed by atoms with Crippen molar-refractivity contribution in [2.75, 3.05) is 0 Å². The van der Waals surface area contributed by atoms with Gasteiger partial charge < -0.3 is 5.32 Å². The van der Waals surface area contributed by atoms with Crippen molar-refractivity contribution in [2.24, 2.45) is 0 Å². The van der Waals surface area contributed by atoms with Gasteiger partial charge in [-0.1, -0.05) is 18.2 Å². The molecule has 1 N–H and O–H groups in total. The lowest BCUT2D eigenvalue weighted by molar-refractivity contribution is 0.450. The summed E-state index contributed by atoms with van der Waals surface area (Å²) >= 11 is 0. The van der Waals surface area contributed by atoms with Crippen molar-refractivity contribution in [3.8, 4) is 0 Å². The SMILES string of the molecule is Cc1cccc(CNC(C)Cn2cccn2)c1C. The second kappa shape index (κ2) is 5.83. The molecule has 1 heterocycles. The van der Waals surface area contributed by atoms with Crippen LogP contribution in [0.5, 0.6) is 0 Å². The van der Waals surface area contributed by atoms with Gasteiger partial charge in [-0.05, 0) is 43.5 Å². The molecule has 0 saturated carbocycles. The van der Waals surface area contributed by atoms with E-state index in [0.717, 1.165) is 13.1 Å². The molecule has 0 aliphatic rings. The highest BCUT2D eigenvalue weighted by molar-refractivity contribution is 5.32. The Morgan fingerprint density at radius 3 is 2.83 bits per heavy atom. The van der Waals surface area contributed by atoms with E-state index >= 15 is 0 Å². The standard InChI is InChI=1S/C15H21N3/c1-12-6-4-7-15(14(12)3)10-16-13(2)11-18-9-5-8-17-18/h4-9,13,16H,10-11H2,1-3H3. The molecule has 0 aliphatic heterocycles. The van der Waals surface area contributed by atoms with Crippen LogP contribution in [0.15, 0.2) is 36.7 Å². The van der Waals surface area contributed by atoms with Gasteiger partial charge in [-0.3, -0.25) is 4.68 Å². The Bertz CT molecular complexity index is 488. The number of hydrogen-bond acceptors (Lipinski definition) is 2. The van der Waals surface area contributed by atoms with Gasteiger partial charge in [0.05, 0.1) is 6.54 Å². The maximum Gasteiger partial charge on any atom is 0.0560 e. The molecule has 0 radical (unpaired) electrons. The Labute approximate surface area is 109 Å². The van der Waals surface area contributed by atoms with Gasteiger partial charge >= 0.3 is 0 Å². The number of aromatic nitrogens is 2. The minimum Gasteiger partial charge on any atom is -0.308 e. The monoisotopic (exact) mass is 243 g/mol. The van der Waals surface area contributed by atoms with Crippen LogP contribution in [0, 0.1) is 13.8 Å². The van der Waals surface area contributed by atoms with E-state index in [-0.39, 0.29) is 0 Å². The van der Waals surface area contributed by atoms with Gasteiger partial charge in [-0.25, -0.2) is 0 Å². The van der Waals surface area contributed by atoms with Crippen molar-refractivity contribution < 1.29 is 0 Å². The van der Waals surface area contributed by atoms with E-state index in [1.807, 2.05) is 23.1 Å². The summed E-state index contributed by atoms with van der Waals surface area (Å²) in [5.41, 5.74) is 4.12. The number of rotatable bonds is 5. The van der Waals surface area contributed by atoms with Crippen LogP contribution in [0.4, 0.5) is 0 Å². The van der Waals surface area contributed by atoms with Crippen LogP contribution in [-0.4, -0.2) is 15.8 Å². The molecule has 2 rings (SSSR count). The van der Waals surface area contributed by atoms with E-state index in [1.165, 1.54) is 16.7 Å². The van der Waals surface area contributed by atoms with Crippen LogP contribution in [0.2, 0.25) is 0 Å². The molecule has 0 spiro atoms. The zero-order valence-electron chi connectivity index (χ0n) is 11.4. The summed E-state index contributed by atoms with van der Waals surface area (Å²) in [5, 5.41) is 7.76. The summed E-state index contributed by atoms with van der Waals surface area (Å²) < 4.78 is 1.96. The lowest BCUT2D eigenvalue weighted by atomic mass is 10.0. The van der Waals surface area contributed by atoms with Crippen molar-refractivity contribution >= 4 is 0 Å². The molecule has 0 amide bonds. The van der Waals surface area contributed by atoms with Gasteiger partial charge in [0.15, 0.2) is 0 Å². The summed E-state index contributed by atoms with van der Waals surface area (Å²) in [7, 11) is 0. The first kappa shape index (κ1) is 12.8. The van der Waals surface area contributed by atoms with E-state index in [2.05, 4.69) is 49.4 Å². The minimum absolute atomic E-state index is 0.407. The molecule has 0 fully saturated rings. The van der Waals surface area contributed by atoms with Crippen LogP contribution in [0.3, 0.4) is 0 Å². The molecule has 0 bridgehead atoms. The maximum atomic E-state index is 4.22. The molecule has 0 saturated heterocycles. The average molecular weight is 243 g/mol. The Morgan fingerprint density at radius 2 is 2.11 bits per heavy atom. The first-order chi connectivity index (χ1) is 8.66. The molecule has 1 aromatic heterocycles. The number of aryl methyl sites for hydroxylation is 1. The fraction of sp³-hybridized carbons (Fsp3) is 0.400. The van der Waals surface area contributed by atoms with E-state index in [4.69, 9.17) is 0 Å². The smallest absolute Gasteiger partial charge is 0.0560 e. The third-order valence-electron chi connectivity index (χ3n) is 3.38. The normalized spacial score (nSPS) is 12.6. The maximum absolute atomic E-state index is 4.22. The molecule has 96 valence electrons. The summed E-state index contributed by atoms with van der Waals surface area (Å²) in [5.74, 6) is 0. The summed E-state index contributed by atoms with van der Waals surface area (Å²) in [6.07, 6.45) is 3.81. The quantitative estimate of drug-likeness (QED) is 0.875. The molecule has 3 nitrogen and oxygen atoms in total. The van der Waals surface area contributed by atoms with Crippen LogP contribution in [0.25, 0.3) is 0 Å². The van der Waals surface area contributed by atoms with Gasteiger partial charge in [0.1, 0.15) is 0 Å². The Hall–Kier alpha value is -1.61. The summed E-state index contributed by atoms with van der Waals surface area (Å²) in [6, 6.07) is 8.83. The lowest BCUT2D eigenvalue weighted by Crippen LogP contribution is -2.30. The van der Waals surface area contributed by atoms with Crippen molar-refractivity contribution in [1.82, 2.24) is 15.1 Å². The highest BCUT2D eigenvalue weighted by Gasteiger charge is 2.05. The minimum atomic E-state index is 0.407. The van der Waals surface area contributed by atoms with Crippen LogP contribution >= 0.6 is 0 Å². The van der Waals surface area contributed by atoms with Crippen LogP contribution in [0.1, 0.15) is 23.6 Å². The molecule has 2 aromatic rings. The Morgan fingerprint density at radius 1 is 1.28 bits per heavy atom. The molecular weight excluding hydrogens is 222 g/mol. The molecule has 1 unspecified atom stereocenters. The van der Waals surface area contributed by atoms with E-state index in [0.29, 0.717) is 6.04 Å². The number of nitrogens with zero attached hydrogens (tertiary/aromatic N) is 2. The molecule has 1 atom stereocenters. The van der Waals surface area contributed by atoms with E-state index in [9.17, 15) is 0 Å². The summed E-state index contributed by atoms with van der Waals surface area (Å²) in [4.78, 5) is 0. The third-order valence-corrected chi connectivity index (χ3v) is 3.38. The molecule has 3 heteroatoms. The van der Waals surface area contributed by atoms with Gasteiger partial charge in [0, 0.05) is 25.0 Å². The van der Waals surface area contributed by atoms with Gasteiger partial charge in [-0.2, -0.15) is 5.10 Å². The summed E-state index contributed by atoms with van der Waals surface area (Å²) in [6.45, 7) is 8.34. The van der Waals surface area contributed by atoms with E-state index < -0.39 is 0 Å². The highest BCUT2D eigenvalue weighted by Crippen LogP contribution is 2.12. The average Bonchev–Trinajstić information content (AvgIpc) is 2.84. The third kappa shape index (κ3) is 3.20. The number of benzene rings is 1. The predicted molar refractivity (Wildman–Crippen MR) is 74.4 cm³/mol. The second-order valence-electron chi connectivity index (χ2n) is 4.87. The lowest BCUT2D eigenvalue weighted by Gasteiger charge is -2.15. The van der Waals surface area contributed by atoms with Crippen molar-refractivity contribution in [2.45, 2.75) is 39.9 Å². The number of hydrogen-bond donors (Lipinski definition) is 1. The fourth-order valence-electron chi connectivity index (χ4n) is 2.04. The Balaban J connectivity index is 1.89. The number of nitrogens with one attached hydrogen (secondary N) is 1. The Kier molecular flexibility index (Phi) is 4.15. The van der Waals surface area contributed by atoms with Gasteiger partial charge in [0.25, 0.3) is 0 Å². The van der Waals surface area contributed by atoms with Crippen molar-refractivity contribution in [1.29, 1.82) is 0 Å². The molecule has 0 aliphatic carbocycles. The van der Waals surface area contributed by atoms with Crippen LogP contribution in [-0.2, 0) is 13.1 Å². The van der Waals surface area contributed by atoms with Crippen molar-refractivity contribution in [3.05, 3.63) is 53.3 Å². The first-order valence-corrected chi connectivity index (χ1v) is 6.42. The zero-order valence-corrected chi connectivity index (χ0v) is 11.4. The van der Waals surface area contributed by atoms with E-state index in [1.54, 1.807) is 0 Å². The topological polar surface area (TPSA) is 29.9 Å². The van der Waals surface area contributed by atoms with Gasteiger partial charge in [0.2, 0.25) is 0 Å². The first-order valence-electron chi connectivity index (χ1n) is 6.42. The van der Waals surface area contributed by atoms with Crippen molar-refractivity contribution in [3.63, 3.8) is 0 Å². The predicted octanol–water partition coefficient (Wildman–Crippen LogP) is 2.68. The second-order valence-corrected chi connectivity index (χ2v) is 4.87. The van der Waals surface area contributed by atoms with Gasteiger partial charge in [-0.15, -0.1) is 0 Å².